The molecule has 0 aromatic carbocycles. The fraction of sp³-hybridized carbons (Fsp3) is 0.556. The maximum atomic E-state index is 9.50. The van der Waals surface area contributed by atoms with Crippen LogP contribution < -0.4 is 11.5 Å². The standard InChI is InChI=1S/C9H18N2O/c1-3-5-7(10)9(12)8(11)6-4-2/h3-4,7-9,12H,1-2,5-6,10-11H2. The molecule has 0 aromatic heterocycles. The Kier molecular flexibility index (Phi) is 5.62. The van der Waals surface area contributed by atoms with Gasteiger partial charge in [-0.2, -0.15) is 0 Å². The lowest BCUT2D eigenvalue weighted by atomic mass is 9.99. The summed E-state index contributed by atoms with van der Waals surface area (Å²) in [6.45, 7) is 7.07. The molecule has 0 saturated carbocycles. The Hall–Kier alpha value is -0.640. The van der Waals surface area contributed by atoms with E-state index < -0.39 is 6.10 Å². The van der Waals surface area contributed by atoms with Crippen molar-refractivity contribution in [2.24, 2.45) is 11.5 Å². The van der Waals surface area contributed by atoms with E-state index in [2.05, 4.69) is 13.2 Å². The average Bonchev–Trinajstić information content (AvgIpc) is 2.04. The van der Waals surface area contributed by atoms with Gasteiger partial charge in [0.05, 0.1) is 6.10 Å². The highest BCUT2D eigenvalue weighted by Gasteiger charge is 2.19. The molecule has 0 saturated heterocycles. The van der Waals surface area contributed by atoms with E-state index in [1.807, 2.05) is 0 Å². The minimum atomic E-state index is -0.680. The molecule has 5 N–H and O–H groups in total. The van der Waals surface area contributed by atoms with Crippen LogP contribution >= 0.6 is 0 Å². The SMILES string of the molecule is C=CCC(N)C(O)C(N)CC=C. The molecule has 0 spiro atoms. The van der Waals surface area contributed by atoms with Crippen LogP contribution in [-0.2, 0) is 0 Å². The molecule has 2 atom stereocenters. The molecule has 12 heavy (non-hydrogen) atoms. The van der Waals surface area contributed by atoms with Crippen molar-refractivity contribution in [3.8, 4) is 0 Å². The Morgan fingerprint density at radius 1 is 1.08 bits per heavy atom. The zero-order chi connectivity index (χ0) is 9.56. The molecule has 0 radical (unpaired) electrons. The lowest BCUT2D eigenvalue weighted by molar-refractivity contribution is 0.118. The smallest absolute Gasteiger partial charge is 0.0847 e. The van der Waals surface area contributed by atoms with Gasteiger partial charge < -0.3 is 16.6 Å². The van der Waals surface area contributed by atoms with Crippen LogP contribution in [0.2, 0.25) is 0 Å². The van der Waals surface area contributed by atoms with Gasteiger partial charge >= 0.3 is 0 Å². The summed E-state index contributed by atoms with van der Waals surface area (Å²) in [4.78, 5) is 0. The molecular formula is C9H18N2O. The van der Waals surface area contributed by atoms with Gasteiger partial charge in [0.25, 0.3) is 0 Å². The van der Waals surface area contributed by atoms with Gasteiger partial charge in [-0.05, 0) is 12.8 Å². The summed E-state index contributed by atoms with van der Waals surface area (Å²) in [6.07, 6.45) is 3.82. The normalized spacial score (nSPS) is 17.9. The zero-order valence-corrected chi connectivity index (χ0v) is 7.32. The number of hydrogen-bond acceptors (Lipinski definition) is 3. The molecular weight excluding hydrogens is 152 g/mol. The second kappa shape index (κ2) is 5.94. The van der Waals surface area contributed by atoms with Crippen LogP contribution in [0.3, 0.4) is 0 Å². The van der Waals surface area contributed by atoms with Gasteiger partial charge in [-0.25, -0.2) is 0 Å². The van der Waals surface area contributed by atoms with Crippen molar-refractivity contribution in [1.29, 1.82) is 0 Å². The van der Waals surface area contributed by atoms with Crippen LogP contribution in [-0.4, -0.2) is 23.3 Å². The lowest BCUT2D eigenvalue weighted by Crippen LogP contribution is -2.46. The number of aliphatic hydroxyl groups is 1. The Morgan fingerprint density at radius 3 is 1.67 bits per heavy atom. The van der Waals surface area contributed by atoms with Crippen molar-refractivity contribution in [3.63, 3.8) is 0 Å². The van der Waals surface area contributed by atoms with Crippen LogP contribution in [0.15, 0.2) is 25.3 Å². The lowest BCUT2D eigenvalue weighted by Gasteiger charge is -2.22. The Balaban J connectivity index is 3.88. The van der Waals surface area contributed by atoms with Gasteiger partial charge in [-0.3, -0.25) is 0 Å². The first-order valence-corrected chi connectivity index (χ1v) is 4.04. The summed E-state index contributed by atoms with van der Waals surface area (Å²) < 4.78 is 0. The van der Waals surface area contributed by atoms with Crippen molar-refractivity contribution < 1.29 is 5.11 Å². The van der Waals surface area contributed by atoms with Gasteiger partial charge in [0.1, 0.15) is 0 Å². The predicted molar refractivity (Wildman–Crippen MR) is 51.6 cm³/mol. The van der Waals surface area contributed by atoms with Crippen molar-refractivity contribution in [2.75, 3.05) is 0 Å². The van der Waals surface area contributed by atoms with E-state index in [4.69, 9.17) is 11.5 Å². The van der Waals surface area contributed by atoms with Gasteiger partial charge in [-0.15, -0.1) is 13.2 Å². The molecule has 0 amide bonds. The molecule has 0 aliphatic heterocycles. The van der Waals surface area contributed by atoms with Crippen LogP contribution in [0.5, 0.6) is 0 Å². The minimum absolute atomic E-state index is 0.322. The highest BCUT2D eigenvalue weighted by molar-refractivity contribution is 4.89. The van der Waals surface area contributed by atoms with Crippen LogP contribution in [0.25, 0.3) is 0 Å². The van der Waals surface area contributed by atoms with Crippen LogP contribution in [0.1, 0.15) is 12.8 Å². The summed E-state index contributed by atoms with van der Waals surface area (Å²) in [5, 5.41) is 9.50. The second-order valence-electron chi connectivity index (χ2n) is 2.87. The number of nitrogens with two attached hydrogens (primary N) is 2. The fourth-order valence-corrected chi connectivity index (χ4v) is 0.981. The third kappa shape index (κ3) is 3.67. The Labute approximate surface area is 73.8 Å². The average molecular weight is 170 g/mol. The Bertz CT molecular complexity index is 131. The topological polar surface area (TPSA) is 72.3 Å². The van der Waals surface area contributed by atoms with Crippen LogP contribution in [0.4, 0.5) is 0 Å². The maximum absolute atomic E-state index is 9.50. The van der Waals surface area contributed by atoms with Crippen molar-refractivity contribution >= 4 is 0 Å². The van der Waals surface area contributed by atoms with E-state index in [0.29, 0.717) is 12.8 Å². The molecule has 0 aliphatic rings. The minimum Gasteiger partial charge on any atom is -0.390 e. The van der Waals surface area contributed by atoms with E-state index >= 15 is 0 Å². The summed E-state index contributed by atoms with van der Waals surface area (Å²) in [5.74, 6) is 0. The molecule has 3 nitrogen and oxygen atoms in total. The first-order chi connectivity index (χ1) is 5.63. The third-order valence-electron chi connectivity index (χ3n) is 1.76. The number of aliphatic hydroxyl groups excluding tert-OH is 1. The van der Waals surface area contributed by atoms with E-state index in [9.17, 15) is 5.11 Å². The van der Waals surface area contributed by atoms with Crippen molar-refractivity contribution in [2.45, 2.75) is 31.0 Å². The number of rotatable bonds is 6. The monoisotopic (exact) mass is 170 g/mol. The fourth-order valence-electron chi connectivity index (χ4n) is 0.981. The highest BCUT2D eigenvalue weighted by atomic mass is 16.3. The summed E-state index contributed by atoms with van der Waals surface area (Å²) in [6, 6.07) is -0.644. The second-order valence-corrected chi connectivity index (χ2v) is 2.87. The molecule has 0 aliphatic carbocycles. The molecule has 0 rings (SSSR count). The zero-order valence-electron chi connectivity index (χ0n) is 7.32. The van der Waals surface area contributed by atoms with Gasteiger partial charge in [0.15, 0.2) is 0 Å². The Morgan fingerprint density at radius 2 is 1.42 bits per heavy atom. The molecule has 3 heteroatoms. The first-order valence-electron chi connectivity index (χ1n) is 4.04. The summed E-state index contributed by atoms with van der Waals surface area (Å²) >= 11 is 0. The van der Waals surface area contributed by atoms with Gasteiger partial charge in [0.2, 0.25) is 0 Å². The quantitative estimate of drug-likeness (QED) is 0.497. The van der Waals surface area contributed by atoms with E-state index in [0.717, 1.165) is 0 Å². The predicted octanol–water partition coefficient (Wildman–Crippen LogP) is 0.154. The van der Waals surface area contributed by atoms with E-state index in [1.54, 1.807) is 12.2 Å². The maximum Gasteiger partial charge on any atom is 0.0847 e. The number of hydrogen-bond donors (Lipinski definition) is 3. The molecule has 0 heterocycles. The molecule has 0 aromatic rings. The van der Waals surface area contributed by atoms with Crippen molar-refractivity contribution in [1.82, 2.24) is 0 Å². The molecule has 0 bridgehead atoms. The highest BCUT2D eigenvalue weighted by Crippen LogP contribution is 2.03. The third-order valence-corrected chi connectivity index (χ3v) is 1.76. The molecule has 0 fully saturated rings. The van der Waals surface area contributed by atoms with E-state index in [1.165, 1.54) is 0 Å². The summed E-state index contributed by atoms with van der Waals surface area (Å²) in [5.41, 5.74) is 11.2. The van der Waals surface area contributed by atoms with Crippen molar-refractivity contribution in [3.05, 3.63) is 25.3 Å². The summed E-state index contributed by atoms with van der Waals surface area (Å²) in [7, 11) is 0. The van der Waals surface area contributed by atoms with Gasteiger partial charge in [-0.1, -0.05) is 12.2 Å². The van der Waals surface area contributed by atoms with Crippen LogP contribution in [0, 0.1) is 0 Å². The molecule has 70 valence electrons. The molecule has 2 unspecified atom stereocenters. The van der Waals surface area contributed by atoms with Gasteiger partial charge in [0, 0.05) is 12.1 Å². The largest absolute Gasteiger partial charge is 0.390 e. The van der Waals surface area contributed by atoms with E-state index in [-0.39, 0.29) is 12.1 Å². The first kappa shape index (κ1) is 11.4.